The average Bonchev–Trinajstić information content (AvgIpc) is 2.43. The molecule has 0 heterocycles. The molecule has 0 aliphatic carbocycles. The molecule has 0 radical (unpaired) electrons. The van der Waals surface area contributed by atoms with Gasteiger partial charge < -0.3 is 4.74 Å². The van der Waals surface area contributed by atoms with Gasteiger partial charge in [-0.05, 0) is 13.8 Å². The molecule has 1 aromatic carbocycles. The van der Waals surface area contributed by atoms with Crippen LogP contribution in [0.3, 0.4) is 0 Å². The van der Waals surface area contributed by atoms with Gasteiger partial charge >= 0.3 is 5.97 Å². The minimum atomic E-state index is -2.65. The second-order valence-electron chi connectivity index (χ2n) is 3.90. The first-order valence-corrected chi connectivity index (χ1v) is 5.32. The highest BCUT2D eigenvalue weighted by atomic mass is 19.2. The van der Waals surface area contributed by atoms with Crippen molar-refractivity contribution in [2.45, 2.75) is 19.3 Å². The van der Waals surface area contributed by atoms with Crippen LogP contribution in [0.1, 0.15) is 19.4 Å². The quantitative estimate of drug-likeness (QED) is 0.372. The van der Waals surface area contributed by atoms with E-state index in [0.717, 1.165) is 0 Å². The van der Waals surface area contributed by atoms with Crippen molar-refractivity contribution >= 4 is 5.97 Å². The summed E-state index contributed by atoms with van der Waals surface area (Å²) in [6, 6.07) is 1.22. The number of nitriles is 1. The van der Waals surface area contributed by atoms with Gasteiger partial charge in [-0.2, -0.15) is 5.26 Å². The first kappa shape index (κ1) is 15.9. The summed E-state index contributed by atoms with van der Waals surface area (Å²) in [4.78, 5) is 11.6. The Labute approximate surface area is 110 Å². The van der Waals surface area contributed by atoms with Crippen LogP contribution >= 0.6 is 0 Å². The zero-order valence-electron chi connectivity index (χ0n) is 10.4. The van der Waals surface area contributed by atoms with Crippen molar-refractivity contribution in [3.63, 3.8) is 0 Å². The van der Waals surface area contributed by atoms with Crippen LogP contribution in [0.4, 0.5) is 22.0 Å². The van der Waals surface area contributed by atoms with Gasteiger partial charge in [-0.15, -0.1) is 0 Å². The van der Waals surface area contributed by atoms with Crippen LogP contribution in [-0.4, -0.2) is 12.6 Å². The molecule has 1 unspecified atom stereocenters. The van der Waals surface area contributed by atoms with Crippen molar-refractivity contribution in [1.82, 2.24) is 0 Å². The molecule has 20 heavy (non-hydrogen) atoms. The fourth-order valence-corrected chi connectivity index (χ4v) is 1.52. The molecule has 1 aromatic rings. The molecular formula is C12H8F5NO2. The normalized spacial score (nSPS) is 13.5. The Morgan fingerprint density at radius 2 is 1.50 bits per heavy atom. The van der Waals surface area contributed by atoms with Crippen LogP contribution in [0.15, 0.2) is 0 Å². The molecule has 0 bridgehead atoms. The fourth-order valence-electron chi connectivity index (χ4n) is 1.52. The van der Waals surface area contributed by atoms with Crippen LogP contribution in [0.5, 0.6) is 0 Å². The number of ether oxygens (including phenoxy) is 1. The highest BCUT2D eigenvalue weighted by Crippen LogP contribution is 2.33. The van der Waals surface area contributed by atoms with Gasteiger partial charge in [0.15, 0.2) is 28.7 Å². The van der Waals surface area contributed by atoms with E-state index >= 15 is 0 Å². The van der Waals surface area contributed by atoms with Gasteiger partial charge in [0.1, 0.15) is 0 Å². The third-order valence-electron chi connectivity index (χ3n) is 2.62. The zero-order chi connectivity index (χ0) is 15.7. The lowest BCUT2D eigenvalue weighted by molar-refractivity contribution is -0.147. The van der Waals surface area contributed by atoms with Crippen LogP contribution in [0, 0.1) is 40.4 Å². The van der Waals surface area contributed by atoms with Gasteiger partial charge in [0.25, 0.3) is 0 Å². The van der Waals surface area contributed by atoms with E-state index in [-0.39, 0.29) is 6.61 Å². The molecular weight excluding hydrogens is 285 g/mol. The number of carbonyl (C=O) groups is 1. The largest absolute Gasteiger partial charge is 0.465 e. The number of esters is 1. The summed E-state index contributed by atoms with van der Waals surface area (Å²) in [5.41, 5.74) is -4.19. The number of rotatable bonds is 3. The van der Waals surface area contributed by atoms with Crippen molar-refractivity contribution in [3.8, 4) is 6.07 Å². The number of nitrogens with zero attached hydrogens (tertiary/aromatic N) is 1. The van der Waals surface area contributed by atoms with Crippen LogP contribution in [0.2, 0.25) is 0 Å². The van der Waals surface area contributed by atoms with Crippen LogP contribution in [-0.2, 0) is 14.9 Å². The summed E-state index contributed by atoms with van der Waals surface area (Å²) in [7, 11) is 0. The predicted octanol–water partition coefficient (Wildman–Crippen LogP) is 2.73. The van der Waals surface area contributed by atoms with Gasteiger partial charge in [0, 0.05) is 0 Å². The maximum absolute atomic E-state index is 13.6. The van der Waals surface area contributed by atoms with E-state index < -0.39 is 46.0 Å². The maximum Gasteiger partial charge on any atom is 0.331 e. The van der Waals surface area contributed by atoms with E-state index in [9.17, 15) is 26.7 Å². The predicted molar refractivity (Wildman–Crippen MR) is 55.8 cm³/mol. The number of carbonyl (C=O) groups excluding carboxylic acids is 1. The fraction of sp³-hybridized carbons (Fsp3) is 0.333. The summed E-state index contributed by atoms with van der Waals surface area (Å²) in [6.07, 6.45) is 0. The highest BCUT2D eigenvalue weighted by Gasteiger charge is 2.45. The minimum Gasteiger partial charge on any atom is -0.465 e. The van der Waals surface area contributed by atoms with E-state index in [1.165, 1.54) is 13.0 Å². The molecule has 1 rings (SSSR count). The molecule has 8 heteroatoms. The molecule has 0 amide bonds. The van der Waals surface area contributed by atoms with Crippen molar-refractivity contribution in [2.24, 2.45) is 0 Å². The van der Waals surface area contributed by atoms with Gasteiger partial charge in [-0.1, -0.05) is 0 Å². The summed E-state index contributed by atoms with van der Waals surface area (Å²) < 4.78 is 70.8. The first-order chi connectivity index (χ1) is 9.22. The molecule has 108 valence electrons. The smallest absolute Gasteiger partial charge is 0.331 e. The Balaban J connectivity index is 3.69. The Bertz CT molecular complexity index is 582. The van der Waals surface area contributed by atoms with Crippen molar-refractivity contribution < 1.29 is 31.5 Å². The van der Waals surface area contributed by atoms with Crippen molar-refractivity contribution in [3.05, 3.63) is 34.6 Å². The van der Waals surface area contributed by atoms with E-state index in [4.69, 9.17) is 5.26 Å². The van der Waals surface area contributed by atoms with Gasteiger partial charge in [0.2, 0.25) is 5.82 Å². The monoisotopic (exact) mass is 293 g/mol. The lowest BCUT2D eigenvalue weighted by Crippen LogP contribution is -2.36. The van der Waals surface area contributed by atoms with Gasteiger partial charge in [-0.25, -0.2) is 26.7 Å². The molecule has 0 saturated carbocycles. The van der Waals surface area contributed by atoms with Crippen LogP contribution < -0.4 is 0 Å². The second kappa shape index (κ2) is 5.45. The van der Waals surface area contributed by atoms with Gasteiger partial charge in [-0.3, -0.25) is 0 Å². The lowest BCUT2D eigenvalue weighted by Gasteiger charge is -2.21. The Morgan fingerprint density at radius 3 is 1.85 bits per heavy atom. The summed E-state index contributed by atoms with van der Waals surface area (Å²) >= 11 is 0. The third kappa shape index (κ3) is 2.19. The number of hydrogen-bond donors (Lipinski definition) is 0. The standard InChI is InChI=1S/C12H8F5NO2/c1-3-20-11(19)12(2,4-18)5-6(13)8(15)10(17)9(16)7(5)14/h3H2,1-2H3. The van der Waals surface area contributed by atoms with E-state index in [1.807, 2.05) is 0 Å². The lowest BCUT2D eigenvalue weighted by atomic mass is 9.83. The molecule has 1 atom stereocenters. The summed E-state index contributed by atoms with van der Waals surface area (Å²) in [5, 5.41) is 8.91. The maximum atomic E-state index is 13.6. The zero-order valence-corrected chi connectivity index (χ0v) is 10.4. The molecule has 0 aliphatic heterocycles. The Morgan fingerprint density at radius 1 is 1.10 bits per heavy atom. The number of hydrogen-bond acceptors (Lipinski definition) is 3. The molecule has 0 aliphatic rings. The SMILES string of the molecule is CCOC(=O)C(C)(C#N)c1c(F)c(F)c(F)c(F)c1F. The average molecular weight is 293 g/mol. The molecule has 0 aromatic heterocycles. The summed E-state index contributed by atoms with van der Waals surface area (Å²) in [6.45, 7) is 1.84. The number of halogens is 5. The highest BCUT2D eigenvalue weighted by molar-refractivity contribution is 5.86. The molecule has 0 saturated heterocycles. The third-order valence-corrected chi connectivity index (χ3v) is 2.62. The molecule has 3 nitrogen and oxygen atoms in total. The van der Waals surface area contributed by atoms with E-state index in [2.05, 4.69) is 4.74 Å². The number of benzene rings is 1. The second-order valence-corrected chi connectivity index (χ2v) is 3.90. The topological polar surface area (TPSA) is 50.1 Å². The van der Waals surface area contributed by atoms with Gasteiger partial charge in [0.05, 0.1) is 18.2 Å². The Kier molecular flexibility index (Phi) is 4.33. The molecule has 0 fully saturated rings. The summed E-state index contributed by atoms with van der Waals surface area (Å²) in [5.74, 6) is -12.7. The molecule has 0 spiro atoms. The van der Waals surface area contributed by atoms with E-state index in [1.54, 1.807) is 0 Å². The van der Waals surface area contributed by atoms with Crippen molar-refractivity contribution in [1.29, 1.82) is 5.26 Å². The molecule has 0 N–H and O–H groups in total. The Hall–Kier alpha value is -2.17. The van der Waals surface area contributed by atoms with Crippen molar-refractivity contribution in [2.75, 3.05) is 6.61 Å². The van der Waals surface area contributed by atoms with E-state index in [0.29, 0.717) is 6.92 Å². The first-order valence-electron chi connectivity index (χ1n) is 5.32. The minimum absolute atomic E-state index is 0.231. The van der Waals surface area contributed by atoms with Crippen LogP contribution in [0.25, 0.3) is 0 Å².